The summed E-state index contributed by atoms with van der Waals surface area (Å²) < 4.78 is 0. The lowest BCUT2D eigenvalue weighted by Gasteiger charge is -2.36. The van der Waals surface area contributed by atoms with Gasteiger partial charge < -0.3 is 11.1 Å². The van der Waals surface area contributed by atoms with E-state index in [4.69, 9.17) is 11.1 Å². The van der Waals surface area contributed by atoms with Crippen molar-refractivity contribution in [2.75, 3.05) is 0 Å². The Kier molecular flexibility index (Phi) is 6.38. The number of nitrogen functional groups attached to an aromatic ring is 1. The van der Waals surface area contributed by atoms with E-state index in [2.05, 4.69) is 5.32 Å². The molecule has 0 aliphatic carbocycles. The van der Waals surface area contributed by atoms with Gasteiger partial charge in [-0.25, -0.2) is 4.79 Å². The average molecular weight is 506 g/mol. The number of urea groups is 1. The van der Waals surface area contributed by atoms with Gasteiger partial charge in [-0.1, -0.05) is 84.9 Å². The highest BCUT2D eigenvalue weighted by Crippen LogP contribution is 2.38. The van der Waals surface area contributed by atoms with E-state index in [0.717, 1.165) is 21.9 Å². The van der Waals surface area contributed by atoms with Gasteiger partial charge in [-0.15, -0.1) is 0 Å². The van der Waals surface area contributed by atoms with Crippen molar-refractivity contribution in [3.63, 3.8) is 0 Å². The Morgan fingerprint density at radius 2 is 1.50 bits per heavy atom. The Labute approximate surface area is 220 Å². The van der Waals surface area contributed by atoms with Crippen molar-refractivity contribution in [2.45, 2.75) is 25.7 Å². The van der Waals surface area contributed by atoms with E-state index in [1.54, 1.807) is 30.3 Å². The molecule has 0 bridgehead atoms. The average Bonchev–Trinajstić information content (AvgIpc) is 3.10. The Hall–Kier alpha value is -4.98. The zero-order chi connectivity index (χ0) is 26.9. The van der Waals surface area contributed by atoms with Crippen LogP contribution in [0.3, 0.4) is 0 Å². The molecule has 4 aromatic carbocycles. The molecule has 1 aliphatic heterocycles. The standard InChI is InChI=1S/C30H27N5O3/c1-20(36)33-30(26-10-6-3-7-11-26)28(37)34(18-21-8-4-2-5-9-21)29(38)35(30)19-22-12-13-23-14-15-24(27(31)32)17-25(23)16-22/h2-17H,18-19H2,1H3,(H3,31,32)(H,33,36). The minimum Gasteiger partial charge on any atom is -0.384 e. The molecule has 4 aromatic rings. The molecule has 1 fully saturated rings. The van der Waals surface area contributed by atoms with Crippen LogP contribution < -0.4 is 11.1 Å². The Morgan fingerprint density at radius 3 is 2.16 bits per heavy atom. The number of imide groups is 1. The van der Waals surface area contributed by atoms with Crippen LogP contribution in [0.25, 0.3) is 10.8 Å². The van der Waals surface area contributed by atoms with Gasteiger partial charge in [0, 0.05) is 18.1 Å². The molecule has 4 amide bonds. The van der Waals surface area contributed by atoms with Gasteiger partial charge in [0.25, 0.3) is 5.91 Å². The van der Waals surface area contributed by atoms with Crippen LogP contribution in [0, 0.1) is 5.41 Å². The first-order valence-electron chi connectivity index (χ1n) is 12.2. The summed E-state index contributed by atoms with van der Waals surface area (Å²) in [5.41, 5.74) is 6.60. The van der Waals surface area contributed by atoms with E-state index >= 15 is 0 Å². The molecule has 4 N–H and O–H groups in total. The van der Waals surface area contributed by atoms with E-state index < -0.39 is 23.5 Å². The van der Waals surface area contributed by atoms with Crippen molar-refractivity contribution in [2.24, 2.45) is 5.73 Å². The number of carbonyl (C=O) groups is 3. The van der Waals surface area contributed by atoms with E-state index in [1.807, 2.05) is 66.7 Å². The van der Waals surface area contributed by atoms with Gasteiger partial charge in [0.15, 0.2) is 0 Å². The summed E-state index contributed by atoms with van der Waals surface area (Å²) in [5.74, 6) is -0.999. The number of benzene rings is 4. The van der Waals surface area contributed by atoms with Crippen LogP contribution in [0.1, 0.15) is 29.2 Å². The first kappa shape index (κ1) is 24.7. The number of nitrogens with one attached hydrogen (secondary N) is 2. The molecule has 1 aliphatic rings. The van der Waals surface area contributed by atoms with Gasteiger partial charge in [0.1, 0.15) is 5.84 Å². The SMILES string of the molecule is CC(=O)NC1(c2ccccc2)C(=O)N(Cc2ccccc2)C(=O)N1Cc1ccc2ccc(C(=N)N)cc2c1. The first-order chi connectivity index (χ1) is 18.3. The van der Waals surface area contributed by atoms with Crippen LogP contribution >= 0.6 is 0 Å². The fourth-order valence-electron chi connectivity index (χ4n) is 4.93. The molecule has 0 radical (unpaired) electrons. The molecule has 1 saturated heterocycles. The second kappa shape index (κ2) is 9.82. The van der Waals surface area contributed by atoms with E-state index in [1.165, 1.54) is 16.7 Å². The maximum atomic E-state index is 14.1. The maximum Gasteiger partial charge on any atom is 0.330 e. The Bertz CT molecular complexity index is 1550. The molecule has 1 heterocycles. The highest BCUT2D eigenvalue weighted by atomic mass is 16.2. The van der Waals surface area contributed by atoms with Crippen molar-refractivity contribution < 1.29 is 14.4 Å². The highest BCUT2D eigenvalue weighted by molar-refractivity contribution is 6.08. The fourth-order valence-corrected chi connectivity index (χ4v) is 4.93. The molecule has 0 saturated carbocycles. The van der Waals surface area contributed by atoms with E-state index in [-0.39, 0.29) is 18.9 Å². The second-order valence-corrected chi connectivity index (χ2v) is 9.31. The predicted molar refractivity (Wildman–Crippen MR) is 145 cm³/mol. The summed E-state index contributed by atoms with van der Waals surface area (Å²) in [7, 11) is 0. The Morgan fingerprint density at radius 1 is 0.842 bits per heavy atom. The minimum atomic E-state index is -1.71. The van der Waals surface area contributed by atoms with Gasteiger partial charge in [0.05, 0.1) is 13.1 Å². The molecule has 5 rings (SSSR count). The number of hydrogen-bond acceptors (Lipinski definition) is 4. The number of amides is 4. The van der Waals surface area contributed by atoms with Gasteiger partial charge in [-0.05, 0) is 34.0 Å². The minimum absolute atomic E-state index is 0.0390. The molecular formula is C30H27N5O3. The lowest BCUT2D eigenvalue weighted by Crippen LogP contribution is -2.58. The third-order valence-electron chi connectivity index (χ3n) is 6.71. The van der Waals surface area contributed by atoms with Crippen LogP contribution in [0.4, 0.5) is 4.79 Å². The first-order valence-corrected chi connectivity index (χ1v) is 12.2. The Balaban J connectivity index is 1.62. The van der Waals surface area contributed by atoms with Crippen molar-refractivity contribution in [3.8, 4) is 0 Å². The van der Waals surface area contributed by atoms with Crippen molar-refractivity contribution >= 4 is 34.5 Å². The van der Waals surface area contributed by atoms with Crippen molar-refractivity contribution in [1.29, 1.82) is 5.41 Å². The van der Waals surface area contributed by atoms with Crippen LogP contribution in [-0.2, 0) is 28.3 Å². The molecule has 190 valence electrons. The second-order valence-electron chi connectivity index (χ2n) is 9.31. The van der Waals surface area contributed by atoms with Crippen LogP contribution in [0.2, 0.25) is 0 Å². The largest absolute Gasteiger partial charge is 0.384 e. The summed E-state index contributed by atoms with van der Waals surface area (Å²) in [4.78, 5) is 43.2. The quantitative estimate of drug-likeness (QED) is 0.199. The summed E-state index contributed by atoms with van der Waals surface area (Å²) in [6.45, 7) is 1.47. The molecule has 0 aromatic heterocycles. The predicted octanol–water partition coefficient (Wildman–Crippen LogP) is 4.08. The molecule has 0 spiro atoms. The summed E-state index contributed by atoms with van der Waals surface area (Å²) in [6.07, 6.45) is 0. The van der Waals surface area contributed by atoms with Crippen molar-refractivity contribution in [1.82, 2.24) is 15.1 Å². The van der Waals surface area contributed by atoms with Gasteiger partial charge >= 0.3 is 6.03 Å². The molecule has 8 nitrogen and oxygen atoms in total. The number of fused-ring (bicyclic) bond motifs is 1. The normalized spacial score (nSPS) is 17.2. The van der Waals surface area contributed by atoms with Gasteiger partial charge in [-0.2, -0.15) is 0 Å². The summed E-state index contributed by atoms with van der Waals surface area (Å²) >= 11 is 0. The van der Waals surface area contributed by atoms with Gasteiger partial charge in [-0.3, -0.25) is 24.8 Å². The number of rotatable bonds is 7. The molecule has 1 unspecified atom stereocenters. The van der Waals surface area contributed by atoms with Crippen molar-refractivity contribution in [3.05, 3.63) is 119 Å². The number of hydrogen-bond donors (Lipinski definition) is 3. The fraction of sp³-hybridized carbons (Fsp3) is 0.133. The number of carbonyl (C=O) groups excluding carboxylic acids is 3. The van der Waals surface area contributed by atoms with Crippen LogP contribution in [0.5, 0.6) is 0 Å². The monoisotopic (exact) mass is 505 g/mol. The lowest BCUT2D eigenvalue weighted by atomic mass is 9.96. The zero-order valence-corrected chi connectivity index (χ0v) is 20.8. The molecule has 1 atom stereocenters. The zero-order valence-electron chi connectivity index (χ0n) is 20.8. The third-order valence-corrected chi connectivity index (χ3v) is 6.71. The smallest absolute Gasteiger partial charge is 0.330 e. The van der Waals surface area contributed by atoms with E-state index in [9.17, 15) is 14.4 Å². The lowest BCUT2D eigenvalue weighted by molar-refractivity contribution is -0.140. The summed E-state index contributed by atoms with van der Waals surface area (Å²) in [6, 6.07) is 28.8. The topological polar surface area (TPSA) is 120 Å². The third kappa shape index (κ3) is 4.37. The highest BCUT2D eigenvalue weighted by Gasteiger charge is 2.59. The molecular weight excluding hydrogens is 478 g/mol. The van der Waals surface area contributed by atoms with Crippen LogP contribution in [0.15, 0.2) is 97.1 Å². The number of nitrogens with two attached hydrogens (primary N) is 1. The number of amidine groups is 1. The van der Waals surface area contributed by atoms with E-state index in [0.29, 0.717) is 11.1 Å². The summed E-state index contributed by atoms with van der Waals surface area (Å²) in [5, 5.41) is 12.4. The molecule has 38 heavy (non-hydrogen) atoms. The maximum absolute atomic E-state index is 14.1. The molecule has 8 heteroatoms. The van der Waals surface area contributed by atoms with Crippen LogP contribution in [-0.4, -0.2) is 33.5 Å². The van der Waals surface area contributed by atoms with Gasteiger partial charge in [0.2, 0.25) is 11.6 Å². The number of nitrogens with zero attached hydrogens (tertiary/aromatic N) is 2.